The van der Waals surface area contributed by atoms with Gasteiger partial charge in [-0.25, -0.2) is 18.3 Å². The predicted molar refractivity (Wildman–Crippen MR) is 122 cm³/mol. The zero-order valence-electron chi connectivity index (χ0n) is 17.5. The molecular weight excluding hydrogens is 497 g/mol. The highest BCUT2D eigenvalue weighted by Gasteiger charge is 2.27. The van der Waals surface area contributed by atoms with Crippen molar-refractivity contribution in [1.82, 2.24) is 14.5 Å². The van der Waals surface area contributed by atoms with Crippen molar-refractivity contribution in [3.8, 4) is 0 Å². The number of carbonyl (C=O) groups excluding carboxylic acids is 1. The molecule has 0 saturated carbocycles. The second-order valence-electron chi connectivity index (χ2n) is 7.41. The lowest BCUT2D eigenvalue weighted by Gasteiger charge is -2.18. The molecule has 0 aliphatic carbocycles. The maximum Gasteiger partial charge on any atom is 0.377 e. The molecule has 9 nitrogen and oxygen atoms in total. The van der Waals surface area contributed by atoms with Crippen LogP contribution in [0.25, 0.3) is 10.9 Å². The third kappa shape index (κ3) is 6.19. The lowest BCUT2D eigenvalue weighted by molar-refractivity contribution is -0.377. The molecule has 1 amide bonds. The zero-order valence-corrected chi connectivity index (χ0v) is 19.0. The molecule has 1 unspecified atom stereocenters. The number of carbonyl (C=O) groups is 1. The number of benzene rings is 2. The first kappa shape index (κ1) is 25.8. The first-order valence-corrected chi connectivity index (χ1v) is 10.6. The van der Waals surface area contributed by atoms with Gasteiger partial charge in [0.1, 0.15) is 12.1 Å². The highest BCUT2D eigenvalue weighted by molar-refractivity contribution is 6.41. The number of hydrogen-bond acceptors (Lipinski definition) is 7. The minimum atomic E-state index is -3.35. The van der Waals surface area contributed by atoms with Gasteiger partial charge in [-0.15, -0.1) is 0 Å². The van der Waals surface area contributed by atoms with Gasteiger partial charge in [-0.3, -0.25) is 9.59 Å². The molecule has 1 atom stereocenters. The summed E-state index contributed by atoms with van der Waals surface area (Å²) in [4.78, 5) is 28.9. The monoisotopic (exact) mass is 516 g/mol. The van der Waals surface area contributed by atoms with Crippen molar-refractivity contribution in [3.63, 3.8) is 0 Å². The van der Waals surface area contributed by atoms with Gasteiger partial charge < -0.3 is 25.5 Å². The summed E-state index contributed by atoms with van der Waals surface area (Å²) >= 11 is 10.9. The van der Waals surface area contributed by atoms with Crippen LogP contribution in [0.3, 0.4) is 0 Å². The fourth-order valence-electron chi connectivity index (χ4n) is 3.32. The number of rotatable bonds is 4. The Labute approximate surface area is 201 Å². The lowest BCUT2D eigenvalue weighted by Crippen LogP contribution is -2.40. The maximum atomic E-state index is 12.4. The average molecular weight is 517 g/mol. The quantitative estimate of drug-likeness (QED) is 0.308. The summed E-state index contributed by atoms with van der Waals surface area (Å²) in [6.45, 7) is -0.228. The molecule has 4 rings (SSSR count). The SMILES string of the molecule is Fc1ccc(Cl)c(Cl)c1.O=C(CF)N1CCC(Nc2ccc3ncn(C(O)(O)O)c(=O)c3c2)C1. The Kier molecular flexibility index (Phi) is 8.05. The number of likely N-dealkylation sites (tertiary alicyclic amines) is 1. The van der Waals surface area contributed by atoms with Crippen molar-refractivity contribution in [1.29, 1.82) is 0 Å². The van der Waals surface area contributed by atoms with E-state index < -0.39 is 24.2 Å². The highest BCUT2D eigenvalue weighted by Crippen LogP contribution is 2.22. The van der Waals surface area contributed by atoms with Gasteiger partial charge in [0.2, 0.25) is 0 Å². The number of fused-ring (bicyclic) bond motifs is 1. The van der Waals surface area contributed by atoms with E-state index in [0.29, 0.717) is 35.7 Å². The van der Waals surface area contributed by atoms with Crippen LogP contribution >= 0.6 is 23.2 Å². The van der Waals surface area contributed by atoms with E-state index in [4.69, 9.17) is 23.2 Å². The molecule has 1 aromatic heterocycles. The summed E-state index contributed by atoms with van der Waals surface area (Å²) in [6.07, 6.45) is -1.89. The zero-order chi connectivity index (χ0) is 25.0. The molecule has 1 saturated heterocycles. The van der Waals surface area contributed by atoms with Gasteiger partial charge in [0, 0.05) is 24.8 Å². The summed E-state index contributed by atoms with van der Waals surface area (Å²) in [7, 11) is 0. The Morgan fingerprint density at radius 3 is 2.53 bits per heavy atom. The number of nitrogens with zero attached hydrogens (tertiary/aromatic N) is 3. The molecule has 3 aromatic rings. The number of nitrogens with one attached hydrogen (secondary N) is 1. The number of aliphatic hydroxyl groups is 3. The van der Waals surface area contributed by atoms with E-state index >= 15 is 0 Å². The van der Waals surface area contributed by atoms with Crippen molar-refractivity contribution in [2.75, 3.05) is 25.1 Å². The van der Waals surface area contributed by atoms with Crippen molar-refractivity contribution >= 4 is 45.7 Å². The molecule has 1 fully saturated rings. The molecule has 0 radical (unpaired) electrons. The maximum absolute atomic E-state index is 12.4. The van der Waals surface area contributed by atoms with Crippen molar-refractivity contribution in [3.05, 3.63) is 68.9 Å². The highest BCUT2D eigenvalue weighted by atomic mass is 35.5. The normalized spacial score (nSPS) is 15.7. The Balaban J connectivity index is 0.000000302. The van der Waals surface area contributed by atoms with Crippen LogP contribution in [0, 0.1) is 5.82 Å². The topological polar surface area (TPSA) is 128 Å². The van der Waals surface area contributed by atoms with Crippen LogP contribution in [0.2, 0.25) is 10.0 Å². The van der Waals surface area contributed by atoms with Gasteiger partial charge in [-0.2, -0.15) is 0 Å². The summed E-state index contributed by atoms with van der Waals surface area (Å²) in [5, 5.41) is 31.4. The molecule has 2 heterocycles. The van der Waals surface area contributed by atoms with E-state index in [2.05, 4.69) is 10.3 Å². The molecule has 0 spiro atoms. The number of anilines is 1. The number of aromatic nitrogens is 2. The minimum Gasteiger partial charge on any atom is -0.380 e. The minimum absolute atomic E-state index is 0.0729. The summed E-state index contributed by atoms with van der Waals surface area (Å²) in [5.41, 5.74) is 0.0432. The standard InChI is InChI=1S/C15H17FN4O5.C6H3Cl2F/c16-6-13(21)19-4-3-10(7-19)18-9-1-2-12-11(5-9)14(22)20(8-17-12)15(23,24)25;7-5-2-1-4(9)3-6(5)8/h1-2,5,8,10,18,23-25H,3-4,6-7H2;1-3H. The lowest BCUT2D eigenvalue weighted by atomic mass is 10.2. The second kappa shape index (κ2) is 10.6. The summed E-state index contributed by atoms with van der Waals surface area (Å²) in [6, 6.07) is 8.46. The molecule has 1 aliphatic heterocycles. The Hall–Kier alpha value is -2.83. The van der Waals surface area contributed by atoms with Crippen LogP contribution in [0.15, 0.2) is 47.5 Å². The van der Waals surface area contributed by atoms with Gasteiger partial charge in [0.15, 0.2) is 6.67 Å². The van der Waals surface area contributed by atoms with Crippen LogP contribution in [0.1, 0.15) is 6.42 Å². The van der Waals surface area contributed by atoms with E-state index in [1.54, 1.807) is 12.1 Å². The van der Waals surface area contributed by atoms with Gasteiger partial charge in [-0.1, -0.05) is 23.2 Å². The molecule has 2 aromatic carbocycles. The van der Waals surface area contributed by atoms with E-state index in [1.807, 2.05) is 0 Å². The van der Waals surface area contributed by atoms with Crippen LogP contribution < -0.4 is 10.9 Å². The number of hydrogen-bond donors (Lipinski definition) is 4. The van der Waals surface area contributed by atoms with E-state index in [-0.39, 0.29) is 26.8 Å². The van der Waals surface area contributed by atoms with Crippen molar-refractivity contribution in [2.24, 2.45) is 0 Å². The molecule has 182 valence electrons. The molecule has 0 bridgehead atoms. The molecule has 1 aliphatic rings. The second-order valence-corrected chi connectivity index (χ2v) is 8.23. The molecule has 4 N–H and O–H groups in total. The van der Waals surface area contributed by atoms with Crippen molar-refractivity contribution in [2.45, 2.75) is 18.6 Å². The Morgan fingerprint density at radius 2 is 1.91 bits per heavy atom. The first-order valence-electron chi connectivity index (χ1n) is 9.89. The van der Waals surface area contributed by atoms with Gasteiger partial charge in [-0.05, 0) is 42.8 Å². The van der Waals surface area contributed by atoms with Gasteiger partial charge in [0.05, 0.1) is 20.9 Å². The first-order chi connectivity index (χ1) is 16.0. The molecular formula is C21H20Cl2F2N4O5. The fraction of sp³-hybridized carbons (Fsp3) is 0.286. The van der Waals surface area contributed by atoms with E-state index in [9.17, 15) is 33.7 Å². The van der Waals surface area contributed by atoms with Gasteiger partial charge in [0.25, 0.3) is 11.5 Å². The molecule has 34 heavy (non-hydrogen) atoms. The van der Waals surface area contributed by atoms with Crippen LogP contribution in [0.4, 0.5) is 14.5 Å². The van der Waals surface area contributed by atoms with Gasteiger partial charge >= 0.3 is 6.10 Å². The predicted octanol–water partition coefficient (Wildman–Crippen LogP) is 2.06. The number of alkyl halides is 1. The van der Waals surface area contributed by atoms with Crippen LogP contribution in [-0.4, -0.2) is 61.5 Å². The van der Waals surface area contributed by atoms with E-state index in [1.165, 1.54) is 29.2 Å². The third-order valence-corrected chi connectivity index (χ3v) is 5.73. The Morgan fingerprint density at radius 1 is 1.18 bits per heavy atom. The van der Waals surface area contributed by atoms with E-state index in [0.717, 1.165) is 6.33 Å². The largest absolute Gasteiger partial charge is 0.380 e. The average Bonchev–Trinajstić information content (AvgIpc) is 3.24. The van der Waals surface area contributed by atoms with Crippen LogP contribution in [-0.2, 0) is 10.9 Å². The fourth-order valence-corrected chi connectivity index (χ4v) is 3.61. The van der Waals surface area contributed by atoms with Crippen LogP contribution in [0.5, 0.6) is 0 Å². The molecule has 13 heteroatoms. The number of amides is 1. The smallest absolute Gasteiger partial charge is 0.377 e. The summed E-state index contributed by atoms with van der Waals surface area (Å²) < 4.78 is 24.9. The summed E-state index contributed by atoms with van der Waals surface area (Å²) in [5.74, 6) is -0.926. The third-order valence-electron chi connectivity index (χ3n) is 4.99. The Bertz CT molecular complexity index is 1250. The number of halogens is 4. The van der Waals surface area contributed by atoms with Crippen molar-refractivity contribution < 1.29 is 28.9 Å².